The minimum Gasteiger partial charge on any atom is -0.467 e. The van der Waals surface area contributed by atoms with Gasteiger partial charge in [0, 0.05) is 0 Å². The van der Waals surface area contributed by atoms with Crippen molar-refractivity contribution in [3.8, 4) is 0 Å². The Labute approximate surface area is 82.3 Å². The van der Waals surface area contributed by atoms with Gasteiger partial charge in [-0.15, -0.1) is 0 Å². The number of ether oxygens (including phenoxy) is 1. The third-order valence-corrected chi connectivity index (χ3v) is 1.63. The van der Waals surface area contributed by atoms with E-state index in [0.717, 1.165) is 7.11 Å². The van der Waals surface area contributed by atoms with Crippen LogP contribution in [0, 0.1) is 0 Å². The summed E-state index contributed by atoms with van der Waals surface area (Å²) in [4.78, 5) is 21.7. The first-order chi connectivity index (χ1) is 6.84. The fourth-order valence-corrected chi connectivity index (χ4v) is 0.969. The molecule has 0 radical (unpaired) electrons. The normalized spacial score (nSPS) is 21.2. The molecule has 0 aromatic heterocycles. The van der Waals surface area contributed by atoms with Gasteiger partial charge in [-0.1, -0.05) is 0 Å². The van der Waals surface area contributed by atoms with Crippen LogP contribution in [0.5, 0.6) is 0 Å². The van der Waals surface area contributed by atoms with E-state index in [2.05, 4.69) is 4.74 Å². The van der Waals surface area contributed by atoms with Gasteiger partial charge in [0.25, 0.3) is 0 Å². The third-order valence-electron chi connectivity index (χ3n) is 1.63. The van der Waals surface area contributed by atoms with Gasteiger partial charge in [0.2, 0.25) is 0 Å². The summed E-state index contributed by atoms with van der Waals surface area (Å²) in [5.41, 5.74) is -1.28. The van der Waals surface area contributed by atoms with Crippen LogP contribution in [-0.2, 0) is 9.53 Å². The zero-order chi connectivity index (χ0) is 11.6. The maximum Gasteiger partial charge on any atom is 0.431 e. The lowest BCUT2D eigenvalue weighted by atomic mass is 10.2. The molecule has 1 aliphatic heterocycles. The molecule has 84 valence electrons. The lowest BCUT2D eigenvalue weighted by Gasteiger charge is -2.22. The molecule has 0 saturated carbocycles. The van der Waals surface area contributed by atoms with E-state index in [1.165, 1.54) is 0 Å². The van der Waals surface area contributed by atoms with Gasteiger partial charge in [-0.25, -0.2) is 9.59 Å². The molecular weight excluding hydrogens is 217 g/mol. The summed E-state index contributed by atoms with van der Waals surface area (Å²) < 4.78 is 40.8. The number of allylic oxidation sites excluding steroid dienone is 1. The third kappa shape index (κ3) is 2.61. The van der Waals surface area contributed by atoms with E-state index in [1.54, 1.807) is 5.32 Å². The monoisotopic (exact) mass is 224 g/mol. The van der Waals surface area contributed by atoms with Crippen LogP contribution in [0.2, 0.25) is 0 Å². The number of methoxy groups -OCH3 is 1. The van der Waals surface area contributed by atoms with Crippen LogP contribution in [0.4, 0.5) is 18.0 Å². The molecule has 1 aliphatic rings. The van der Waals surface area contributed by atoms with Crippen molar-refractivity contribution >= 4 is 12.0 Å². The Morgan fingerprint density at radius 1 is 1.53 bits per heavy atom. The van der Waals surface area contributed by atoms with E-state index < -0.39 is 29.9 Å². The van der Waals surface area contributed by atoms with Crippen LogP contribution in [0.25, 0.3) is 0 Å². The van der Waals surface area contributed by atoms with Gasteiger partial charge in [-0.2, -0.15) is 13.2 Å². The number of carbonyl (C=O) groups excluding carboxylic acids is 2. The first-order valence-corrected chi connectivity index (χ1v) is 3.79. The van der Waals surface area contributed by atoms with E-state index in [4.69, 9.17) is 0 Å². The molecule has 5 nitrogen and oxygen atoms in total. The molecule has 0 aromatic carbocycles. The Morgan fingerprint density at radius 2 is 2.13 bits per heavy atom. The summed E-state index contributed by atoms with van der Waals surface area (Å²) in [6, 6.07) is -2.51. The number of alkyl halides is 3. The Morgan fingerprint density at radius 3 is 2.60 bits per heavy atom. The quantitative estimate of drug-likeness (QED) is 0.629. The standard InChI is InChI=1S/C7H7F3N2O3/c1-15-5(13)3-2-4(7(8,9)10)12-6(14)11-3/h2-3H,1H3,(H2,11,12,14)/t3-/m0/s1. The van der Waals surface area contributed by atoms with E-state index in [9.17, 15) is 22.8 Å². The van der Waals surface area contributed by atoms with Crippen molar-refractivity contribution in [2.24, 2.45) is 0 Å². The van der Waals surface area contributed by atoms with Gasteiger partial charge in [-0.05, 0) is 6.08 Å². The van der Waals surface area contributed by atoms with Crippen molar-refractivity contribution in [2.75, 3.05) is 7.11 Å². The minimum atomic E-state index is -4.70. The smallest absolute Gasteiger partial charge is 0.431 e. The number of carbonyl (C=O) groups is 2. The number of urea groups is 1. The number of nitrogens with one attached hydrogen (secondary N) is 2. The number of halogens is 3. The Kier molecular flexibility index (Phi) is 2.87. The van der Waals surface area contributed by atoms with Crippen molar-refractivity contribution in [2.45, 2.75) is 12.2 Å². The van der Waals surface area contributed by atoms with Crippen molar-refractivity contribution in [3.63, 3.8) is 0 Å². The number of rotatable bonds is 1. The summed E-state index contributed by atoms with van der Waals surface area (Å²) in [7, 11) is 1.01. The Hall–Kier alpha value is -1.73. The molecule has 15 heavy (non-hydrogen) atoms. The second-order valence-electron chi connectivity index (χ2n) is 2.68. The molecular formula is C7H7F3N2O3. The first kappa shape index (κ1) is 11.3. The summed E-state index contributed by atoms with van der Waals surface area (Å²) in [5.74, 6) is -0.966. The topological polar surface area (TPSA) is 67.4 Å². The molecule has 1 rings (SSSR count). The number of hydrogen-bond acceptors (Lipinski definition) is 3. The molecule has 0 spiro atoms. The maximum atomic E-state index is 12.2. The highest BCUT2D eigenvalue weighted by Gasteiger charge is 2.39. The SMILES string of the molecule is COC(=O)[C@@H]1C=C(C(F)(F)F)NC(=O)N1. The van der Waals surface area contributed by atoms with E-state index in [-0.39, 0.29) is 0 Å². The summed E-state index contributed by atoms with van der Waals surface area (Å²) in [6.07, 6.45) is -4.16. The molecule has 1 atom stereocenters. The molecule has 2 amide bonds. The molecule has 0 unspecified atom stereocenters. The predicted molar refractivity (Wildman–Crippen MR) is 41.6 cm³/mol. The molecule has 0 aliphatic carbocycles. The summed E-state index contributed by atoms with van der Waals surface area (Å²) >= 11 is 0. The fraction of sp³-hybridized carbons (Fsp3) is 0.429. The van der Waals surface area contributed by atoms with Crippen molar-refractivity contribution in [3.05, 3.63) is 11.8 Å². The molecule has 8 heteroatoms. The second-order valence-corrected chi connectivity index (χ2v) is 2.68. The zero-order valence-electron chi connectivity index (χ0n) is 7.51. The van der Waals surface area contributed by atoms with E-state index in [1.807, 2.05) is 5.32 Å². The fourth-order valence-electron chi connectivity index (χ4n) is 0.969. The number of hydrogen-bond donors (Lipinski definition) is 2. The molecule has 1 heterocycles. The first-order valence-electron chi connectivity index (χ1n) is 3.79. The van der Waals surface area contributed by atoms with Gasteiger partial charge in [0.05, 0.1) is 7.11 Å². The van der Waals surface area contributed by atoms with Crippen LogP contribution < -0.4 is 10.6 Å². The maximum absolute atomic E-state index is 12.2. The Bertz CT molecular complexity index is 324. The summed E-state index contributed by atoms with van der Waals surface area (Å²) in [5, 5.41) is 3.51. The predicted octanol–water partition coefficient (Wildman–Crippen LogP) is 0.287. The number of amides is 2. The summed E-state index contributed by atoms with van der Waals surface area (Å²) in [6.45, 7) is 0. The average molecular weight is 224 g/mol. The zero-order valence-corrected chi connectivity index (χ0v) is 7.51. The lowest BCUT2D eigenvalue weighted by molar-refractivity contribution is -0.141. The second kappa shape index (κ2) is 3.79. The minimum absolute atomic E-state index is 0.549. The van der Waals surface area contributed by atoms with Crippen LogP contribution in [0.3, 0.4) is 0 Å². The van der Waals surface area contributed by atoms with Crippen LogP contribution in [-0.4, -0.2) is 31.3 Å². The van der Waals surface area contributed by atoms with Crippen LogP contribution in [0.15, 0.2) is 11.8 Å². The Balaban J connectivity index is 2.93. The highest BCUT2D eigenvalue weighted by molar-refractivity contribution is 5.88. The van der Waals surface area contributed by atoms with Gasteiger partial charge in [0.1, 0.15) is 11.7 Å². The van der Waals surface area contributed by atoms with Crippen molar-refractivity contribution in [1.82, 2.24) is 10.6 Å². The molecule has 0 aromatic rings. The highest BCUT2D eigenvalue weighted by atomic mass is 19.4. The number of esters is 1. The molecule has 0 bridgehead atoms. The highest BCUT2D eigenvalue weighted by Crippen LogP contribution is 2.25. The van der Waals surface area contributed by atoms with Gasteiger partial charge in [0.15, 0.2) is 0 Å². The lowest BCUT2D eigenvalue weighted by Crippen LogP contribution is -2.51. The largest absolute Gasteiger partial charge is 0.467 e. The van der Waals surface area contributed by atoms with Gasteiger partial charge in [-0.3, -0.25) is 0 Å². The van der Waals surface area contributed by atoms with Gasteiger partial charge < -0.3 is 15.4 Å². The van der Waals surface area contributed by atoms with E-state index >= 15 is 0 Å². The molecule has 2 N–H and O–H groups in total. The van der Waals surface area contributed by atoms with Gasteiger partial charge >= 0.3 is 18.2 Å². The van der Waals surface area contributed by atoms with Crippen LogP contribution in [0.1, 0.15) is 0 Å². The van der Waals surface area contributed by atoms with Crippen LogP contribution >= 0.6 is 0 Å². The van der Waals surface area contributed by atoms with E-state index in [0.29, 0.717) is 6.08 Å². The average Bonchev–Trinajstić information content (AvgIpc) is 2.14. The molecule has 0 saturated heterocycles. The molecule has 0 fully saturated rings. The van der Waals surface area contributed by atoms with Crippen molar-refractivity contribution < 1.29 is 27.5 Å². The van der Waals surface area contributed by atoms with Crippen molar-refractivity contribution in [1.29, 1.82) is 0 Å².